The standard InChI is InChI=1S/C41H50N4O8S2/c1-4-6-19-41(20-7-5-2)27-45(30-16-12-9-13-17-30)31-24-35(54-3)34(25-36(31)55(51,52)44-41)53-26-37(48)43-38(29-14-10-8-11-15-29)40(50)42-21-18-28-22-32(46)39(49)33(47)23-28/h8-17,22-25,38,44,46-47,49H,4-7,18-21,26-27H2,1-3H3,(H,42,50)(H,43,48)/t38-/m1/s1. The molecule has 1 aliphatic rings. The van der Waals surface area contributed by atoms with E-state index in [1.165, 1.54) is 30.0 Å². The molecule has 1 heterocycles. The summed E-state index contributed by atoms with van der Waals surface area (Å²) in [6, 6.07) is 23.2. The highest BCUT2D eigenvalue weighted by Gasteiger charge is 2.42. The van der Waals surface area contributed by atoms with Gasteiger partial charge in [-0.3, -0.25) is 9.59 Å². The number of para-hydroxylation sites is 1. The second kappa shape index (κ2) is 18.6. The highest BCUT2D eigenvalue weighted by Crippen LogP contribution is 2.44. The molecule has 0 fully saturated rings. The largest absolute Gasteiger partial charge is 0.504 e. The first kappa shape index (κ1) is 41.2. The molecule has 0 bridgehead atoms. The van der Waals surface area contributed by atoms with Crippen LogP contribution in [-0.2, 0) is 26.0 Å². The maximum absolute atomic E-state index is 14.3. The Morgan fingerprint density at radius 2 is 1.55 bits per heavy atom. The minimum atomic E-state index is -4.05. The third kappa shape index (κ3) is 10.2. The van der Waals surface area contributed by atoms with E-state index >= 15 is 0 Å². The van der Waals surface area contributed by atoms with Crippen molar-refractivity contribution in [2.45, 2.75) is 80.2 Å². The summed E-state index contributed by atoms with van der Waals surface area (Å²) in [5.74, 6) is -2.49. The van der Waals surface area contributed by atoms with Gasteiger partial charge in [-0.25, -0.2) is 13.1 Å². The van der Waals surface area contributed by atoms with Crippen molar-refractivity contribution >= 4 is 45.0 Å². The molecule has 0 aliphatic carbocycles. The van der Waals surface area contributed by atoms with Gasteiger partial charge in [0.1, 0.15) is 16.7 Å². The summed E-state index contributed by atoms with van der Waals surface area (Å²) in [4.78, 5) is 29.7. The van der Waals surface area contributed by atoms with Gasteiger partial charge in [-0.05, 0) is 67.0 Å². The molecule has 0 saturated carbocycles. The van der Waals surface area contributed by atoms with Gasteiger partial charge >= 0.3 is 0 Å². The molecule has 1 aliphatic heterocycles. The van der Waals surface area contributed by atoms with Crippen LogP contribution >= 0.6 is 11.8 Å². The van der Waals surface area contributed by atoms with E-state index in [9.17, 15) is 33.3 Å². The van der Waals surface area contributed by atoms with E-state index in [1.807, 2.05) is 42.7 Å². The van der Waals surface area contributed by atoms with Crippen molar-refractivity contribution in [1.29, 1.82) is 0 Å². The topological polar surface area (TPSA) is 178 Å². The maximum Gasteiger partial charge on any atom is 0.258 e. The number of carbonyl (C=O) groups excluding carboxylic acids is 2. The number of rotatable bonds is 17. The number of sulfonamides is 1. The minimum absolute atomic E-state index is 0.0521. The number of nitrogens with zero attached hydrogens (tertiary/aromatic N) is 1. The van der Waals surface area contributed by atoms with Crippen molar-refractivity contribution in [3.8, 4) is 23.0 Å². The van der Waals surface area contributed by atoms with Crippen LogP contribution in [0.25, 0.3) is 0 Å². The maximum atomic E-state index is 14.3. The first-order chi connectivity index (χ1) is 26.4. The quantitative estimate of drug-likeness (QED) is 0.0500. The number of thioether (sulfide) groups is 1. The smallest absolute Gasteiger partial charge is 0.258 e. The molecule has 5 rings (SSSR count). The third-order valence-electron chi connectivity index (χ3n) is 9.62. The average Bonchev–Trinajstić information content (AvgIpc) is 3.28. The van der Waals surface area contributed by atoms with Gasteiger partial charge in [0, 0.05) is 24.8 Å². The molecule has 0 unspecified atom stereocenters. The zero-order chi connectivity index (χ0) is 39.6. The van der Waals surface area contributed by atoms with E-state index in [0.717, 1.165) is 31.4 Å². The number of hydrogen-bond donors (Lipinski definition) is 6. The zero-order valence-electron chi connectivity index (χ0n) is 31.4. The monoisotopic (exact) mass is 790 g/mol. The molecule has 4 aromatic carbocycles. The molecule has 0 aromatic heterocycles. The van der Waals surface area contributed by atoms with Gasteiger partial charge in [0.15, 0.2) is 23.9 Å². The van der Waals surface area contributed by atoms with Crippen molar-refractivity contribution in [2.75, 3.05) is 30.9 Å². The number of carbonyl (C=O) groups is 2. The van der Waals surface area contributed by atoms with Gasteiger partial charge in [0.2, 0.25) is 15.9 Å². The van der Waals surface area contributed by atoms with E-state index in [-0.39, 0.29) is 23.6 Å². The van der Waals surface area contributed by atoms with E-state index in [0.29, 0.717) is 41.1 Å². The number of phenols is 3. The molecule has 55 heavy (non-hydrogen) atoms. The molecule has 0 saturated heterocycles. The lowest BCUT2D eigenvalue weighted by Gasteiger charge is -2.37. The lowest BCUT2D eigenvalue weighted by molar-refractivity contribution is -0.130. The fourth-order valence-corrected chi connectivity index (χ4v) is 8.98. The van der Waals surface area contributed by atoms with Crippen molar-refractivity contribution in [2.24, 2.45) is 0 Å². The summed E-state index contributed by atoms with van der Waals surface area (Å²) >= 11 is 1.37. The summed E-state index contributed by atoms with van der Waals surface area (Å²) in [5.41, 5.74) is 1.68. The number of fused-ring (bicyclic) bond motifs is 1. The zero-order valence-corrected chi connectivity index (χ0v) is 33.0. The number of unbranched alkanes of at least 4 members (excludes halogenated alkanes) is 2. The van der Waals surface area contributed by atoms with Crippen LogP contribution in [0.4, 0.5) is 11.4 Å². The Morgan fingerprint density at radius 3 is 2.15 bits per heavy atom. The lowest BCUT2D eigenvalue weighted by atomic mass is 9.87. The molecular weight excluding hydrogens is 741 g/mol. The van der Waals surface area contributed by atoms with E-state index in [2.05, 4.69) is 34.1 Å². The van der Waals surface area contributed by atoms with Gasteiger partial charge < -0.3 is 35.6 Å². The van der Waals surface area contributed by atoms with E-state index in [1.54, 1.807) is 30.3 Å². The Labute approximate surface area is 327 Å². The SMILES string of the molecule is CCCCC1(CCCC)CN(c2ccccc2)c2cc(SC)c(OCC(=O)N[C@@H](C(=O)NCCc3cc(O)c(O)c(O)c3)c3ccccc3)cc2S(=O)(=O)N1. The minimum Gasteiger partial charge on any atom is -0.504 e. The molecule has 14 heteroatoms. The van der Waals surface area contributed by atoms with Crippen LogP contribution in [0.15, 0.2) is 94.7 Å². The fourth-order valence-electron chi connectivity index (χ4n) is 6.77. The second-order valence-electron chi connectivity index (χ2n) is 13.7. The lowest BCUT2D eigenvalue weighted by Crippen LogP contribution is -2.53. The van der Waals surface area contributed by atoms with Crippen LogP contribution in [0.2, 0.25) is 0 Å². The van der Waals surface area contributed by atoms with Crippen molar-refractivity contribution in [3.63, 3.8) is 0 Å². The predicted molar refractivity (Wildman–Crippen MR) is 215 cm³/mol. The number of amides is 2. The molecule has 294 valence electrons. The summed E-state index contributed by atoms with van der Waals surface area (Å²) in [6.45, 7) is 4.25. The van der Waals surface area contributed by atoms with Gasteiger partial charge in [-0.15, -0.1) is 11.8 Å². The summed E-state index contributed by atoms with van der Waals surface area (Å²) in [6.07, 6.45) is 7.01. The second-order valence-corrected chi connectivity index (χ2v) is 16.2. The van der Waals surface area contributed by atoms with Crippen LogP contribution < -0.4 is 25.0 Å². The Bertz CT molecular complexity index is 2020. The van der Waals surface area contributed by atoms with Crippen LogP contribution in [0, 0.1) is 0 Å². The van der Waals surface area contributed by atoms with Crippen LogP contribution in [0.1, 0.15) is 69.5 Å². The molecule has 0 radical (unpaired) electrons. The summed E-state index contributed by atoms with van der Waals surface area (Å²) in [5, 5.41) is 34.8. The molecule has 12 nitrogen and oxygen atoms in total. The molecule has 0 spiro atoms. The first-order valence-corrected chi connectivity index (χ1v) is 21.2. The van der Waals surface area contributed by atoms with Crippen molar-refractivity contribution in [3.05, 3.63) is 96.1 Å². The number of anilines is 2. The number of aromatic hydroxyl groups is 3. The highest BCUT2D eigenvalue weighted by molar-refractivity contribution is 7.98. The van der Waals surface area contributed by atoms with Crippen LogP contribution in [-0.4, -0.2) is 67.0 Å². The number of hydrogen-bond acceptors (Lipinski definition) is 10. The number of phenolic OH excluding ortho intramolecular Hbond substituents is 3. The highest BCUT2D eigenvalue weighted by atomic mass is 32.2. The summed E-state index contributed by atoms with van der Waals surface area (Å²) < 4.78 is 37.9. The van der Waals surface area contributed by atoms with Crippen LogP contribution in [0.5, 0.6) is 23.0 Å². The van der Waals surface area contributed by atoms with Gasteiger partial charge in [0.25, 0.3) is 5.91 Å². The Hall–Kier alpha value is -4.92. The summed E-state index contributed by atoms with van der Waals surface area (Å²) in [7, 11) is -4.05. The third-order valence-corrected chi connectivity index (χ3v) is 12.0. The Kier molecular flexibility index (Phi) is 14.0. The molecular formula is C41H50N4O8S2. The molecule has 2 amide bonds. The van der Waals surface area contributed by atoms with Gasteiger partial charge in [-0.2, -0.15) is 0 Å². The molecule has 6 N–H and O–H groups in total. The van der Waals surface area contributed by atoms with E-state index in [4.69, 9.17) is 4.74 Å². The van der Waals surface area contributed by atoms with Crippen molar-refractivity contribution < 1.29 is 38.1 Å². The average molecular weight is 791 g/mol. The Morgan fingerprint density at radius 1 is 0.927 bits per heavy atom. The predicted octanol–water partition coefficient (Wildman–Crippen LogP) is 6.67. The van der Waals surface area contributed by atoms with Gasteiger partial charge in [-0.1, -0.05) is 88.1 Å². The van der Waals surface area contributed by atoms with E-state index < -0.39 is 57.3 Å². The first-order valence-electron chi connectivity index (χ1n) is 18.5. The number of ether oxygens (including phenoxy) is 1. The Balaban J connectivity index is 1.39. The fraction of sp³-hybridized carbons (Fsp3) is 0.366. The molecule has 4 aromatic rings. The number of benzene rings is 4. The van der Waals surface area contributed by atoms with Crippen LogP contribution in [0.3, 0.4) is 0 Å². The van der Waals surface area contributed by atoms with Crippen molar-refractivity contribution in [1.82, 2.24) is 15.4 Å². The molecule has 1 atom stereocenters. The van der Waals surface area contributed by atoms with Gasteiger partial charge in [0.05, 0.1) is 16.1 Å². The number of nitrogens with one attached hydrogen (secondary N) is 3. The normalized spacial score (nSPS) is 15.0.